The Morgan fingerprint density at radius 1 is 1.47 bits per heavy atom. The summed E-state index contributed by atoms with van der Waals surface area (Å²) in [6.45, 7) is 1.16. The summed E-state index contributed by atoms with van der Waals surface area (Å²) < 4.78 is 5.36. The molecule has 1 amide bonds. The molecule has 1 aromatic carbocycles. The molecule has 2 rings (SSSR count). The average molecular weight is 234 g/mol. The molecular formula is C13H18N2O2. The molecule has 0 radical (unpaired) electrons. The maximum absolute atomic E-state index is 11.4. The van der Waals surface area contributed by atoms with Gasteiger partial charge in [-0.3, -0.25) is 4.79 Å². The van der Waals surface area contributed by atoms with E-state index in [1.54, 1.807) is 7.11 Å². The highest BCUT2D eigenvalue weighted by molar-refractivity contribution is 5.77. The highest BCUT2D eigenvalue weighted by Crippen LogP contribution is 2.34. The molecule has 1 fully saturated rings. The Kier molecular flexibility index (Phi) is 3.64. The van der Waals surface area contributed by atoms with Crippen molar-refractivity contribution in [1.29, 1.82) is 0 Å². The number of nitrogens with one attached hydrogen (secondary N) is 1. The van der Waals surface area contributed by atoms with Gasteiger partial charge >= 0.3 is 0 Å². The summed E-state index contributed by atoms with van der Waals surface area (Å²) in [7, 11) is 1.66. The van der Waals surface area contributed by atoms with Crippen LogP contribution in [0.15, 0.2) is 24.3 Å². The Morgan fingerprint density at radius 2 is 2.24 bits per heavy atom. The summed E-state index contributed by atoms with van der Waals surface area (Å²) >= 11 is 0. The van der Waals surface area contributed by atoms with Crippen LogP contribution in [0.3, 0.4) is 0 Å². The molecule has 1 saturated heterocycles. The molecular weight excluding hydrogens is 216 g/mol. The molecule has 2 unspecified atom stereocenters. The number of amides is 1. The van der Waals surface area contributed by atoms with E-state index < -0.39 is 0 Å². The van der Waals surface area contributed by atoms with E-state index in [-0.39, 0.29) is 17.7 Å². The summed E-state index contributed by atoms with van der Waals surface area (Å²) in [6, 6.07) is 7.92. The van der Waals surface area contributed by atoms with Crippen LogP contribution in [0.2, 0.25) is 0 Å². The predicted octanol–water partition coefficient (Wildman–Crippen LogP) is 0.874. The van der Waals surface area contributed by atoms with E-state index in [1.807, 2.05) is 24.3 Å². The van der Waals surface area contributed by atoms with Gasteiger partial charge in [-0.25, -0.2) is 0 Å². The number of hydrogen-bond acceptors (Lipinski definition) is 3. The third-order valence-electron chi connectivity index (χ3n) is 3.38. The van der Waals surface area contributed by atoms with E-state index in [2.05, 4.69) is 5.32 Å². The fourth-order valence-electron chi connectivity index (χ4n) is 2.43. The molecule has 0 saturated carbocycles. The maximum Gasteiger partial charge on any atom is 0.220 e. The molecule has 0 aromatic heterocycles. The van der Waals surface area contributed by atoms with Gasteiger partial charge in [0.1, 0.15) is 5.75 Å². The Bertz CT molecular complexity index is 406. The molecule has 2 atom stereocenters. The third kappa shape index (κ3) is 2.42. The minimum atomic E-state index is 0.0894. The summed E-state index contributed by atoms with van der Waals surface area (Å²) in [4.78, 5) is 11.4. The summed E-state index contributed by atoms with van der Waals surface area (Å²) in [5, 5.41) is 2.90. The van der Waals surface area contributed by atoms with Crippen molar-refractivity contribution in [2.75, 3.05) is 20.2 Å². The molecule has 1 heterocycles. The fraction of sp³-hybridized carbons (Fsp3) is 0.462. The normalized spacial score (nSPS) is 24.2. The first kappa shape index (κ1) is 11.9. The lowest BCUT2D eigenvalue weighted by Gasteiger charge is -2.31. The van der Waals surface area contributed by atoms with Gasteiger partial charge in [0.15, 0.2) is 0 Å². The summed E-state index contributed by atoms with van der Waals surface area (Å²) in [5.41, 5.74) is 6.89. The summed E-state index contributed by atoms with van der Waals surface area (Å²) in [6.07, 6.45) is 0.499. The Labute approximate surface area is 101 Å². The van der Waals surface area contributed by atoms with Gasteiger partial charge in [-0.05, 0) is 24.1 Å². The minimum absolute atomic E-state index is 0.0894. The number of nitrogens with two attached hydrogens (primary N) is 1. The molecule has 0 bridgehead atoms. The highest BCUT2D eigenvalue weighted by Gasteiger charge is 2.30. The van der Waals surface area contributed by atoms with Gasteiger partial charge in [-0.1, -0.05) is 18.2 Å². The van der Waals surface area contributed by atoms with Crippen LogP contribution in [0, 0.1) is 5.92 Å². The van der Waals surface area contributed by atoms with E-state index in [9.17, 15) is 4.79 Å². The SMILES string of the molecule is COc1ccccc1C1CNC(=O)CC1CN. The quantitative estimate of drug-likeness (QED) is 0.815. The second kappa shape index (κ2) is 5.19. The monoisotopic (exact) mass is 234 g/mol. The van der Waals surface area contributed by atoms with Crippen molar-refractivity contribution >= 4 is 5.91 Å². The topological polar surface area (TPSA) is 64.3 Å². The first-order valence-electron chi connectivity index (χ1n) is 5.86. The van der Waals surface area contributed by atoms with Gasteiger partial charge in [0.05, 0.1) is 7.11 Å². The number of carbonyl (C=O) groups excluding carboxylic acids is 1. The van der Waals surface area contributed by atoms with Crippen LogP contribution in [0.4, 0.5) is 0 Å². The van der Waals surface area contributed by atoms with Crippen LogP contribution in [-0.2, 0) is 4.79 Å². The van der Waals surface area contributed by atoms with E-state index >= 15 is 0 Å². The van der Waals surface area contributed by atoms with Crippen LogP contribution in [0.1, 0.15) is 17.9 Å². The molecule has 4 heteroatoms. The molecule has 3 N–H and O–H groups in total. The Hall–Kier alpha value is -1.55. The second-order valence-corrected chi connectivity index (χ2v) is 4.35. The number of rotatable bonds is 3. The van der Waals surface area contributed by atoms with Crippen LogP contribution in [-0.4, -0.2) is 26.1 Å². The third-order valence-corrected chi connectivity index (χ3v) is 3.38. The number of piperidine rings is 1. The standard InChI is InChI=1S/C13H18N2O2/c1-17-12-5-3-2-4-10(12)11-8-15-13(16)6-9(11)7-14/h2-5,9,11H,6-8,14H2,1H3,(H,15,16). The fourth-order valence-corrected chi connectivity index (χ4v) is 2.43. The van der Waals surface area contributed by atoms with Crippen molar-refractivity contribution in [1.82, 2.24) is 5.32 Å². The first-order chi connectivity index (χ1) is 8.26. The number of hydrogen-bond donors (Lipinski definition) is 2. The molecule has 0 spiro atoms. The molecule has 1 aliphatic rings. The maximum atomic E-state index is 11.4. The van der Waals surface area contributed by atoms with Gasteiger partial charge in [-0.2, -0.15) is 0 Å². The minimum Gasteiger partial charge on any atom is -0.496 e. The zero-order valence-electron chi connectivity index (χ0n) is 9.98. The highest BCUT2D eigenvalue weighted by atomic mass is 16.5. The Balaban J connectivity index is 2.28. The first-order valence-corrected chi connectivity index (χ1v) is 5.86. The second-order valence-electron chi connectivity index (χ2n) is 4.35. The lowest BCUT2D eigenvalue weighted by Crippen LogP contribution is -2.42. The van der Waals surface area contributed by atoms with E-state index in [1.165, 1.54) is 0 Å². The molecule has 4 nitrogen and oxygen atoms in total. The van der Waals surface area contributed by atoms with Crippen LogP contribution in [0.25, 0.3) is 0 Å². The van der Waals surface area contributed by atoms with Crippen molar-refractivity contribution in [3.63, 3.8) is 0 Å². The number of carbonyl (C=O) groups is 1. The van der Waals surface area contributed by atoms with Crippen LogP contribution >= 0.6 is 0 Å². The smallest absolute Gasteiger partial charge is 0.220 e. The van der Waals surface area contributed by atoms with Gasteiger partial charge in [0.2, 0.25) is 5.91 Å². The molecule has 92 valence electrons. The Morgan fingerprint density at radius 3 is 2.94 bits per heavy atom. The predicted molar refractivity (Wildman–Crippen MR) is 65.9 cm³/mol. The van der Waals surface area contributed by atoms with E-state index in [0.29, 0.717) is 19.5 Å². The molecule has 0 aliphatic carbocycles. The van der Waals surface area contributed by atoms with Crippen molar-refractivity contribution in [2.24, 2.45) is 11.7 Å². The van der Waals surface area contributed by atoms with E-state index in [4.69, 9.17) is 10.5 Å². The largest absolute Gasteiger partial charge is 0.496 e. The van der Waals surface area contributed by atoms with Gasteiger partial charge in [0, 0.05) is 18.9 Å². The number of para-hydroxylation sites is 1. The van der Waals surface area contributed by atoms with Gasteiger partial charge < -0.3 is 15.8 Å². The molecule has 17 heavy (non-hydrogen) atoms. The molecule has 1 aromatic rings. The number of methoxy groups -OCH3 is 1. The lowest BCUT2D eigenvalue weighted by atomic mass is 9.81. The summed E-state index contributed by atoms with van der Waals surface area (Å²) in [5.74, 6) is 1.40. The van der Waals surface area contributed by atoms with E-state index in [0.717, 1.165) is 11.3 Å². The average Bonchev–Trinajstić information content (AvgIpc) is 2.38. The van der Waals surface area contributed by atoms with Gasteiger partial charge in [-0.15, -0.1) is 0 Å². The van der Waals surface area contributed by atoms with Crippen molar-refractivity contribution < 1.29 is 9.53 Å². The van der Waals surface area contributed by atoms with Crippen molar-refractivity contribution in [3.8, 4) is 5.75 Å². The zero-order valence-corrected chi connectivity index (χ0v) is 9.98. The van der Waals surface area contributed by atoms with Crippen molar-refractivity contribution in [2.45, 2.75) is 12.3 Å². The number of benzene rings is 1. The van der Waals surface area contributed by atoms with Gasteiger partial charge in [0.25, 0.3) is 0 Å². The van der Waals surface area contributed by atoms with Crippen LogP contribution in [0.5, 0.6) is 5.75 Å². The zero-order chi connectivity index (χ0) is 12.3. The van der Waals surface area contributed by atoms with Crippen molar-refractivity contribution in [3.05, 3.63) is 29.8 Å². The lowest BCUT2D eigenvalue weighted by molar-refractivity contribution is -0.123. The van der Waals surface area contributed by atoms with Crippen LogP contribution < -0.4 is 15.8 Å². The number of ether oxygens (including phenoxy) is 1. The molecule has 1 aliphatic heterocycles.